The quantitative estimate of drug-likeness (QED) is 0.239. The van der Waals surface area contributed by atoms with Crippen molar-refractivity contribution < 1.29 is 39.5 Å². The third-order valence-electron chi connectivity index (χ3n) is 5.91. The van der Waals surface area contributed by atoms with E-state index in [4.69, 9.17) is 21.2 Å². The van der Waals surface area contributed by atoms with Gasteiger partial charge in [-0.3, -0.25) is 9.59 Å². The molecule has 1 aromatic rings. The van der Waals surface area contributed by atoms with Crippen LogP contribution in [0.2, 0.25) is 5.02 Å². The first-order valence-electron chi connectivity index (χ1n) is 11.2. The smallest absolute Gasteiger partial charge is 1.00 e. The summed E-state index contributed by atoms with van der Waals surface area (Å²) in [5.41, 5.74) is 0.563. The number of hydrogen-bond donors (Lipinski definition) is 0. The molecule has 0 aromatic heterocycles. The number of oxime groups is 1. The number of nitrogens with zero attached hydrogens (tertiary/aromatic N) is 1. The fraction of sp³-hybridized carbons (Fsp3) is 0.625. The molecule has 32 heavy (non-hydrogen) atoms. The van der Waals surface area contributed by atoms with Gasteiger partial charge in [0.1, 0.15) is 29.3 Å². The molecule has 1 aromatic carbocycles. The second kappa shape index (κ2) is 13.7. The van der Waals surface area contributed by atoms with Gasteiger partial charge in [0.25, 0.3) is 0 Å². The number of hydrogen-bond acceptors (Lipinski definition) is 6. The monoisotopic (exact) mass is 473 g/mol. The molecule has 1 aliphatic heterocycles. The minimum absolute atomic E-state index is 0. The number of halogens is 1. The van der Waals surface area contributed by atoms with E-state index in [0.717, 1.165) is 18.6 Å². The summed E-state index contributed by atoms with van der Waals surface area (Å²) < 4.78 is 5.79. The van der Waals surface area contributed by atoms with Crippen LogP contribution in [-0.4, -0.2) is 41.5 Å². The van der Waals surface area contributed by atoms with E-state index >= 15 is 0 Å². The second-order valence-electron chi connectivity index (χ2n) is 8.52. The Labute approximate surface area is 214 Å². The Hall–Kier alpha value is -0.933. The van der Waals surface area contributed by atoms with E-state index in [9.17, 15) is 9.59 Å². The normalized spacial score (nSPS) is 25.1. The van der Waals surface area contributed by atoms with E-state index in [1.807, 2.05) is 25.6 Å². The van der Waals surface area contributed by atoms with Crippen molar-refractivity contribution in [3.8, 4) is 5.75 Å². The van der Waals surface area contributed by atoms with Crippen molar-refractivity contribution in [3.63, 3.8) is 0 Å². The SMILES string of the molecule is CCCC(=NOCC(C)Oc1ccc(Cl)cc1)C1C(=O)CC(C2CCCSC2)CC1=O.[H-].[Li+]. The molecule has 0 spiro atoms. The fourth-order valence-corrected chi connectivity index (χ4v) is 5.76. The Morgan fingerprint density at radius 3 is 2.50 bits per heavy atom. The van der Waals surface area contributed by atoms with Gasteiger partial charge >= 0.3 is 18.9 Å². The van der Waals surface area contributed by atoms with Crippen molar-refractivity contribution in [1.29, 1.82) is 0 Å². The molecule has 172 valence electrons. The molecule has 1 saturated heterocycles. The number of rotatable bonds is 9. The second-order valence-corrected chi connectivity index (χ2v) is 10.1. The van der Waals surface area contributed by atoms with E-state index < -0.39 is 5.92 Å². The predicted octanol–water partition coefficient (Wildman–Crippen LogP) is 2.70. The van der Waals surface area contributed by atoms with Crippen LogP contribution in [0.5, 0.6) is 5.75 Å². The van der Waals surface area contributed by atoms with Crippen LogP contribution < -0.4 is 23.6 Å². The van der Waals surface area contributed by atoms with Crippen LogP contribution in [0.4, 0.5) is 0 Å². The van der Waals surface area contributed by atoms with Crippen molar-refractivity contribution in [2.45, 2.75) is 58.5 Å². The van der Waals surface area contributed by atoms with Gasteiger partial charge in [-0.2, -0.15) is 11.8 Å². The first kappa shape index (κ1) is 27.3. The standard InChI is InChI=1S/C24H32ClNO4S.Li.H/c1-3-5-21(26-29-14-16(2)30-20-9-7-19(25)8-10-20)24-22(27)12-18(13-23(24)28)17-6-4-11-31-15-17;;/h7-10,16-18,24H,3-6,11-15H2,1-2H3;;/q;+1;-1. The first-order chi connectivity index (χ1) is 15.0. The van der Waals surface area contributed by atoms with Crippen LogP contribution in [0.25, 0.3) is 0 Å². The average Bonchev–Trinajstić information content (AvgIpc) is 2.75. The van der Waals surface area contributed by atoms with Gasteiger partial charge < -0.3 is 11.0 Å². The van der Waals surface area contributed by atoms with E-state index in [2.05, 4.69) is 5.16 Å². The van der Waals surface area contributed by atoms with Crippen LogP contribution in [-0.2, 0) is 14.4 Å². The molecule has 5 nitrogen and oxygen atoms in total. The van der Waals surface area contributed by atoms with Gasteiger partial charge in [-0.1, -0.05) is 30.1 Å². The molecule has 2 fully saturated rings. The third kappa shape index (κ3) is 7.83. The Bertz CT molecular complexity index is 771. The number of ketones is 2. The molecular formula is C24H33ClLiNO4S. The Balaban J connectivity index is 0.00000272. The molecule has 1 heterocycles. The zero-order chi connectivity index (χ0) is 22.2. The van der Waals surface area contributed by atoms with Gasteiger partial charge in [0.15, 0.2) is 6.61 Å². The minimum atomic E-state index is -0.736. The van der Waals surface area contributed by atoms with Crippen molar-refractivity contribution in [1.82, 2.24) is 0 Å². The van der Waals surface area contributed by atoms with Gasteiger partial charge in [0.05, 0.1) is 5.71 Å². The maximum Gasteiger partial charge on any atom is 1.00 e. The molecular weight excluding hydrogens is 441 g/mol. The zero-order valence-electron chi connectivity index (χ0n) is 20.3. The largest absolute Gasteiger partial charge is 1.00 e. The number of carbonyl (C=O) groups is 2. The molecule has 1 aliphatic carbocycles. The summed E-state index contributed by atoms with van der Waals surface area (Å²) in [6.07, 6.45) is 4.44. The van der Waals surface area contributed by atoms with Crippen LogP contribution in [0.1, 0.15) is 53.8 Å². The molecule has 2 aliphatic rings. The number of benzene rings is 1. The van der Waals surface area contributed by atoms with Gasteiger partial charge in [-0.15, -0.1) is 0 Å². The average molecular weight is 474 g/mol. The minimum Gasteiger partial charge on any atom is -1.00 e. The van der Waals surface area contributed by atoms with Crippen LogP contribution >= 0.6 is 23.4 Å². The fourth-order valence-electron chi connectivity index (χ4n) is 4.35. The van der Waals surface area contributed by atoms with Gasteiger partial charge in [0.2, 0.25) is 0 Å². The van der Waals surface area contributed by atoms with Crippen LogP contribution in [0.15, 0.2) is 29.4 Å². The topological polar surface area (TPSA) is 65.0 Å². The molecule has 2 atom stereocenters. The molecule has 0 radical (unpaired) electrons. The number of Topliss-reactive ketones (excluding diaryl/α,β-unsaturated/α-hetero) is 2. The summed E-state index contributed by atoms with van der Waals surface area (Å²) in [6.45, 7) is 4.13. The summed E-state index contributed by atoms with van der Waals surface area (Å²) in [6, 6.07) is 7.12. The van der Waals surface area contributed by atoms with E-state index in [1.54, 1.807) is 24.3 Å². The molecule has 1 saturated carbocycles. The van der Waals surface area contributed by atoms with Crippen molar-refractivity contribution in [3.05, 3.63) is 29.3 Å². The third-order valence-corrected chi connectivity index (χ3v) is 7.41. The van der Waals surface area contributed by atoms with Gasteiger partial charge in [-0.25, -0.2) is 0 Å². The summed E-state index contributed by atoms with van der Waals surface area (Å²) in [5.74, 6) is 2.93. The molecule has 0 bridgehead atoms. The molecule has 2 unspecified atom stereocenters. The Morgan fingerprint density at radius 1 is 1.22 bits per heavy atom. The van der Waals surface area contributed by atoms with E-state index in [1.165, 1.54) is 12.2 Å². The van der Waals surface area contributed by atoms with Gasteiger partial charge in [0, 0.05) is 17.9 Å². The van der Waals surface area contributed by atoms with Crippen LogP contribution in [0.3, 0.4) is 0 Å². The van der Waals surface area contributed by atoms with E-state index in [-0.39, 0.29) is 50.5 Å². The first-order valence-corrected chi connectivity index (χ1v) is 12.7. The van der Waals surface area contributed by atoms with Crippen molar-refractivity contribution in [2.75, 3.05) is 18.1 Å². The summed E-state index contributed by atoms with van der Waals surface area (Å²) in [4.78, 5) is 31.4. The van der Waals surface area contributed by atoms with Crippen molar-refractivity contribution in [2.24, 2.45) is 22.9 Å². The molecule has 0 amide bonds. The molecule has 0 N–H and O–H groups in total. The Morgan fingerprint density at radius 2 is 1.91 bits per heavy atom. The predicted molar refractivity (Wildman–Crippen MR) is 127 cm³/mol. The summed E-state index contributed by atoms with van der Waals surface area (Å²) in [7, 11) is 0. The maximum atomic E-state index is 12.9. The Kier molecular flexibility index (Phi) is 11.7. The van der Waals surface area contributed by atoms with Gasteiger partial charge in [-0.05, 0) is 73.8 Å². The summed E-state index contributed by atoms with van der Waals surface area (Å²) >= 11 is 7.84. The maximum absolute atomic E-state index is 12.9. The number of ether oxygens (including phenoxy) is 1. The van der Waals surface area contributed by atoms with Crippen molar-refractivity contribution >= 4 is 40.6 Å². The van der Waals surface area contributed by atoms with Crippen LogP contribution in [0, 0.1) is 17.8 Å². The van der Waals surface area contributed by atoms with E-state index in [0.29, 0.717) is 41.7 Å². The zero-order valence-corrected chi connectivity index (χ0v) is 20.9. The number of thioether (sulfide) groups is 1. The summed E-state index contributed by atoms with van der Waals surface area (Å²) in [5, 5.41) is 4.89. The molecule has 3 rings (SSSR count). The molecule has 8 heteroatoms. The number of carbonyl (C=O) groups excluding carboxylic acids is 2.